The Morgan fingerprint density at radius 3 is 2.53 bits per heavy atom. The third kappa shape index (κ3) is 6.02. The zero-order chi connectivity index (χ0) is 24.7. The maximum absolute atomic E-state index is 13.2. The first kappa shape index (κ1) is 25.9. The average molecular weight is 500 g/mol. The van der Waals surface area contributed by atoms with Gasteiger partial charge in [0.05, 0.1) is 11.1 Å². The molecule has 0 spiro atoms. The summed E-state index contributed by atoms with van der Waals surface area (Å²) in [6.45, 7) is 7.09. The van der Waals surface area contributed by atoms with E-state index in [0.717, 1.165) is 41.4 Å². The Labute approximate surface area is 207 Å². The number of hydrogen-bond donors (Lipinski definition) is 2. The average Bonchev–Trinajstić information content (AvgIpc) is 3.14. The van der Waals surface area contributed by atoms with Gasteiger partial charge in [0.1, 0.15) is 0 Å². The smallest absolute Gasteiger partial charge is 0.243 e. The zero-order valence-electron chi connectivity index (χ0n) is 20.2. The van der Waals surface area contributed by atoms with E-state index < -0.39 is 10.0 Å². The summed E-state index contributed by atoms with van der Waals surface area (Å²) in [7, 11) is -1.64. The lowest BCUT2D eigenvalue weighted by atomic mass is 10.1. The van der Waals surface area contributed by atoms with Crippen LogP contribution in [0.3, 0.4) is 0 Å². The van der Waals surface area contributed by atoms with Crippen LogP contribution < -0.4 is 10.7 Å². The number of nitrogens with zero attached hydrogens (tertiary/aromatic N) is 3. The predicted molar refractivity (Wildman–Crippen MR) is 145 cm³/mol. The summed E-state index contributed by atoms with van der Waals surface area (Å²) in [4.78, 5) is 0.295. The minimum atomic E-state index is -3.57. The minimum absolute atomic E-state index is 0.295. The van der Waals surface area contributed by atoms with E-state index in [4.69, 9.17) is 12.2 Å². The number of hydrogen-bond acceptors (Lipinski definition) is 4. The highest BCUT2D eigenvalue weighted by Crippen LogP contribution is 2.25. The summed E-state index contributed by atoms with van der Waals surface area (Å²) in [5, 5.41) is 8.60. The van der Waals surface area contributed by atoms with Crippen molar-refractivity contribution in [3.63, 3.8) is 0 Å². The molecule has 1 aromatic heterocycles. The number of anilines is 1. The Hall–Kier alpha value is -2.75. The van der Waals surface area contributed by atoms with Crippen LogP contribution in [0.1, 0.15) is 44.7 Å². The fraction of sp³-hybridized carbons (Fsp3) is 0.360. The Balaban J connectivity index is 1.81. The first-order valence-corrected chi connectivity index (χ1v) is 13.4. The van der Waals surface area contributed by atoms with Crippen LogP contribution in [0.5, 0.6) is 0 Å². The van der Waals surface area contributed by atoms with Crippen molar-refractivity contribution in [1.82, 2.24) is 14.3 Å². The van der Waals surface area contributed by atoms with Crippen LogP contribution in [0.15, 0.2) is 58.7 Å². The van der Waals surface area contributed by atoms with Gasteiger partial charge in [0.25, 0.3) is 0 Å². The second-order valence-corrected chi connectivity index (χ2v) is 10.5. The van der Waals surface area contributed by atoms with E-state index in [1.807, 2.05) is 55.9 Å². The molecule has 2 N–H and O–H groups in total. The van der Waals surface area contributed by atoms with Gasteiger partial charge in [0.15, 0.2) is 5.11 Å². The number of nitrogens with one attached hydrogen (secondary N) is 2. The number of aromatic nitrogens is 1. The molecule has 0 aliphatic heterocycles. The highest BCUT2D eigenvalue weighted by atomic mass is 32.2. The van der Waals surface area contributed by atoms with Crippen molar-refractivity contribution >= 4 is 50.2 Å². The van der Waals surface area contributed by atoms with Crippen molar-refractivity contribution in [3.05, 3.63) is 59.8 Å². The van der Waals surface area contributed by atoms with E-state index >= 15 is 0 Å². The highest BCUT2D eigenvalue weighted by molar-refractivity contribution is 7.89. The van der Waals surface area contributed by atoms with E-state index in [1.165, 1.54) is 5.56 Å². The van der Waals surface area contributed by atoms with Crippen LogP contribution in [0.4, 0.5) is 5.69 Å². The molecule has 3 aromatic rings. The lowest BCUT2D eigenvalue weighted by Crippen LogP contribution is -2.32. The van der Waals surface area contributed by atoms with E-state index in [9.17, 15) is 8.42 Å². The molecule has 0 aliphatic carbocycles. The normalized spacial score (nSPS) is 12.0. The van der Waals surface area contributed by atoms with Crippen molar-refractivity contribution in [3.8, 4) is 0 Å². The lowest BCUT2D eigenvalue weighted by Gasteiger charge is -2.21. The number of rotatable bonds is 10. The van der Waals surface area contributed by atoms with Gasteiger partial charge in [-0.2, -0.15) is 9.41 Å². The molecule has 0 saturated carbocycles. The number of thiocarbonyl (C=S) groups is 1. The van der Waals surface area contributed by atoms with Crippen molar-refractivity contribution in [2.45, 2.75) is 44.9 Å². The Bertz CT molecular complexity index is 1280. The highest BCUT2D eigenvalue weighted by Gasteiger charge is 2.24. The maximum Gasteiger partial charge on any atom is 0.243 e. The van der Waals surface area contributed by atoms with E-state index in [1.54, 1.807) is 22.7 Å². The summed E-state index contributed by atoms with van der Waals surface area (Å²) in [6, 6.07) is 13.3. The lowest BCUT2D eigenvalue weighted by molar-refractivity contribution is 0.410. The van der Waals surface area contributed by atoms with Gasteiger partial charge in [-0.15, -0.1) is 0 Å². The van der Waals surface area contributed by atoms with Crippen LogP contribution in [0, 0.1) is 0 Å². The van der Waals surface area contributed by atoms with E-state index in [0.29, 0.717) is 23.1 Å². The molecule has 0 aliphatic rings. The summed E-state index contributed by atoms with van der Waals surface area (Å²) in [5.74, 6) is 0. The molecule has 2 aromatic carbocycles. The fourth-order valence-electron chi connectivity index (χ4n) is 3.85. The number of hydrazone groups is 1. The molecule has 7 nitrogen and oxygen atoms in total. The molecule has 0 fully saturated rings. The van der Waals surface area contributed by atoms with Gasteiger partial charge in [-0.1, -0.05) is 32.9 Å². The van der Waals surface area contributed by atoms with Gasteiger partial charge in [-0.05, 0) is 67.4 Å². The Kier molecular flexibility index (Phi) is 8.82. The quantitative estimate of drug-likeness (QED) is 0.236. The summed E-state index contributed by atoms with van der Waals surface area (Å²) in [5.41, 5.74) is 6.68. The van der Waals surface area contributed by atoms with E-state index in [-0.39, 0.29) is 0 Å². The van der Waals surface area contributed by atoms with Crippen molar-refractivity contribution in [1.29, 1.82) is 0 Å². The molecule has 0 atom stereocenters. The first-order chi connectivity index (χ1) is 16.3. The number of benzene rings is 2. The van der Waals surface area contributed by atoms with Crippen LogP contribution in [0.2, 0.25) is 0 Å². The molecule has 0 amide bonds. The third-order valence-electron chi connectivity index (χ3n) is 5.54. The largest absolute Gasteiger partial charge is 0.350 e. The third-order valence-corrected chi connectivity index (χ3v) is 7.63. The zero-order valence-corrected chi connectivity index (χ0v) is 21.8. The van der Waals surface area contributed by atoms with Crippen LogP contribution in [-0.4, -0.2) is 41.7 Å². The van der Waals surface area contributed by atoms with Crippen LogP contribution in [0.25, 0.3) is 10.9 Å². The number of aryl methyl sites for hydroxylation is 2. The number of fused-ring (bicyclic) bond motifs is 1. The summed E-state index contributed by atoms with van der Waals surface area (Å²) >= 11 is 5.35. The summed E-state index contributed by atoms with van der Waals surface area (Å²) in [6.07, 6.45) is 6.07. The first-order valence-electron chi connectivity index (χ1n) is 11.6. The molecule has 0 saturated heterocycles. The van der Waals surface area contributed by atoms with Crippen molar-refractivity contribution in [2.24, 2.45) is 12.1 Å². The molecule has 0 bridgehead atoms. The summed E-state index contributed by atoms with van der Waals surface area (Å²) < 4.78 is 30.0. The molecule has 0 radical (unpaired) electrons. The van der Waals surface area contributed by atoms with Crippen molar-refractivity contribution in [2.75, 3.05) is 18.4 Å². The second-order valence-electron chi connectivity index (χ2n) is 8.16. The predicted octanol–water partition coefficient (Wildman–Crippen LogP) is 4.87. The van der Waals surface area contributed by atoms with Crippen molar-refractivity contribution < 1.29 is 8.42 Å². The van der Waals surface area contributed by atoms with Gasteiger partial charge >= 0.3 is 0 Å². The molecular formula is C25H33N5O2S2. The van der Waals surface area contributed by atoms with Gasteiger partial charge in [-0.3, -0.25) is 5.43 Å². The minimum Gasteiger partial charge on any atom is -0.350 e. The molecule has 9 heteroatoms. The van der Waals surface area contributed by atoms with Gasteiger partial charge in [0, 0.05) is 48.5 Å². The van der Waals surface area contributed by atoms with Crippen LogP contribution >= 0.6 is 12.2 Å². The van der Waals surface area contributed by atoms with Gasteiger partial charge in [-0.25, -0.2) is 8.42 Å². The Morgan fingerprint density at radius 2 is 1.85 bits per heavy atom. The Morgan fingerprint density at radius 1 is 1.12 bits per heavy atom. The van der Waals surface area contributed by atoms with E-state index in [2.05, 4.69) is 28.8 Å². The van der Waals surface area contributed by atoms with Gasteiger partial charge in [0.2, 0.25) is 10.0 Å². The van der Waals surface area contributed by atoms with Crippen LogP contribution in [-0.2, 0) is 23.5 Å². The molecule has 0 unspecified atom stereocenters. The van der Waals surface area contributed by atoms with Gasteiger partial charge < -0.3 is 9.88 Å². The number of sulfonamides is 1. The fourth-order valence-corrected chi connectivity index (χ4v) is 5.67. The molecule has 3 rings (SSSR count). The molecule has 1 heterocycles. The molecule has 182 valence electrons. The monoisotopic (exact) mass is 499 g/mol. The second kappa shape index (κ2) is 11.6. The standard InChI is InChI=1S/C25H33N5O2S2/c1-5-13-30(14-6-2)34(31,32)22-11-12-24-23(16-22)20(18-29(24)4)17-26-28-25(33)27-21-10-8-9-19(7-3)15-21/h8-12,15-18H,5-7,13-14H2,1-4H3,(H2,27,28,33)/b26-17+. The topological polar surface area (TPSA) is 78.7 Å². The molecule has 34 heavy (non-hydrogen) atoms. The molecular weight excluding hydrogens is 466 g/mol. The SMILES string of the molecule is CCCN(CCC)S(=O)(=O)c1ccc2c(c1)c(/C=N/NC(=S)Nc1cccc(CC)c1)cn2C. The maximum atomic E-state index is 13.2.